The van der Waals surface area contributed by atoms with Gasteiger partial charge in [-0.2, -0.15) is 0 Å². The highest BCUT2D eigenvalue weighted by Gasteiger charge is 2.14. The first-order chi connectivity index (χ1) is 10.3. The molecule has 0 unspecified atom stereocenters. The summed E-state index contributed by atoms with van der Waals surface area (Å²) in [5.74, 6) is 0.924. The van der Waals surface area contributed by atoms with Gasteiger partial charge in [0.2, 0.25) is 5.91 Å². The molecule has 2 aromatic rings. The Hall–Kier alpha value is -1.92. The van der Waals surface area contributed by atoms with Gasteiger partial charge in [-0.3, -0.25) is 4.79 Å². The number of anilines is 1. The van der Waals surface area contributed by atoms with Crippen molar-refractivity contribution in [2.24, 2.45) is 5.73 Å². The van der Waals surface area contributed by atoms with Crippen molar-refractivity contribution in [1.29, 1.82) is 0 Å². The molecule has 5 nitrogen and oxygen atoms in total. The normalized spacial score (nSPS) is 12.8. The zero-order valence-corrected chi connectivity index (χ0v) is 12.4. The fourth-order valence-electron chi connectivity index (χ4n) is 2.25. The second-order valence-electron chi connectivity index (χ2n) is 4.90. The lowest BCUT2D eigenvalue weighted by atomic mass is 10.1. The van der Waals surface area contributed by atoms with Crippen LogP contribution in [0.4, 0.5) is 5.13 Å². The number of thiazole rings is 1. The van der Waals surface area contributed by atoms with Crippen LogP contribution < -0.4 is 15.8 Å². The first-order valence-electron chi connectivity index (χ1n) is 6.98. The van der Waals surface area contributed by atoms with E-state index >= 15 is 0 Å². The minimum atomic E-state index is -0.0382. The minimum Gasteiger partial charge on any atom is -0.493 e. The van der Waals surface area contributed by atoms with E-state index in [9.17, 15) is 4.79 Å². The Morgan fingerprint density at radius 1 is 1.48 bits per heavy atom. The van der Waals surface area contributed by atoms with Crippen LogP contribution in [-0.2, 0) is 11.2 Å². The number of carbonyl (C=O) groups excluding carboxylic acids is 1. The molecule has 2 heterocycles. The molecule has 6 heteroatoms. The van der Waals surface area contributed by atoms with E-state index in [1.165, 1.54) is 16.9 Å². The Morgan fingerprint density at radius 3 is 3.24 bits per heavy atom. The van der Waals surface area contributed by atoms with Crippen molar-refractivity contribution in [2.45, 2.75) is 19.3 Å². The standard InChI is InChI=1S/C15H17N3O2S/c16-6-1-2-14(19)18-15-17-12(9-21-15)10-3-4-13-11(8-10)5-7-20-13/h3-4,8-9H,1-2,5-7,16H2,(H,17,18,19). The number of hydrogen-bond acceptors (Lipinski definition) is 5. The number of fused-ring (bicyclic) bond motifs is 1. The summed E-state index contributed by atoms with van der Waals surface area (Å²) in [7, 11) is 0. The lowest BCUT2D eigenvalue weighted by Crippen LogP contribution is -2.13. The van der Waals surface area contributed by atoms with E-state index in [2.05, 4.69) is 16.4 Å². The van der Waals surface area contributed by atoms with Crippen LogP contribution in [0.2, 0.25) is 0 Å². The first kappa shape index (κ1) is 14.0. The van der Waals surface area contributed by atoms with Crippen LogP contribution in [0.25, 0.3) is 11.3 Å². The van der Waals surface area contributed by atoms with Gasteiger partial charge in [0.05, 0.1) is 12.3 Å². The third-order valence-electron chi connectivity index (χ3n) is 3.34. The SMILES string of the molecule is NCCCC(=O)Nc1nc(-c2ccc3c(c2)CCO3)cs1. The number of benzene rings is 1. The Kier molecular flexibility index (Phi) is 4.17. The molecule has 0 saturated heterocycles. The molecule has 1 aromatic carbocycles. The van der Waals surface area contributed by atoms with Crippen molar-refractivity contribution in [1.82, 2.24) is 4.98 Å². The number of nitrogens with zero attached hydrogens (tertiary/aromatic N) is 1. The second kappa shape index (κ2) is 6.24. The topological polar surface area (TPSA) is 77.2 Å². The molecule has 0 bridgehead atoms. The van der Waals surface area contributed by atoms with Gasteiger partial charge in [0.25, 0.3) is 0 Å². The van der Waals surface area contributed by atoms with Gasteiger partial charge in [0, 0.05) is 23.8 Å². The molecular formula is C15H17N3O2S. The molecule has 1 amide bonds. The van der Waals surface area contributed by atoms with Gasteiger partial charge in [-0.1, -0.05) is 0 Å². The van der Waals surface area contributed by atoms with Crippen LogP contribution in [-0.4, -0.2) is 24.0 Å². The molecule has 3 N–H and O–H groups in total. The Morgan fingerprint density at radius 2 is 2.38 bits per heavy atom. The highest BCUT2D eigenvalue weighted by molar-refractivity contribution is 7.14. The number of rotatable bonds is 5. The summed E-state index contributed by atoms with van der Waals surface area (Å²) in [4.78, 5) is 16.1. The van der Waals surface area contributed by atoms with E-state index in [-0.39, 0.29) is 5.91 Å². The molecule has 1 aliphatic heterocycles. The number of nitrogens with one attached hydrogen (secondary N) is 1. The van der Waals surface area contributed by atoms with Crippen LogP contribution in [0.15, 0.2) is 23.6 Å². The number of aromatic nitrogens is 1. The number of ether oxygens (including phenoxy) is 1. The van der Waals surface area contributed by atoms with E-state index in [1.54, 1.807) is 0 Å². The number of hydrogen-bond donors (Lipinski definition) is 2. The molecular weight excluding hydrogens is 286 g/mol. The Bertz CT molecular complexity index is 654. The van der Waals surface area contributed by atoms with Gasteiger partial charge < -0.3 is 15.8 Å². The molecule has 0 atom stereocenters. The van der Waals surface area contributed by atoms with E-state index in [4.69, 9.17) is 10.5 Å². The van der Waals surface area contributed by atoms with Crippen molar-refractivity contribution in [3.05, 3.63) is 29.1 Å². The summed E-state index contributed by atoms with van der Waals surface area (Å²) < 4.78 is 5.50. The molecule has 0 fully saturated rings. The lowest BCUT2D eigenvalue weighted by Gasteiger charge is -2.02. The van der Waals surface area contributed by atoms with E-state index < -0.39 is 0 Å². The number of carbonyl (C=O) groups is 1. The quantitative estimate of drug-likeness (QED) is 0.889. The molecule has 0 spiro atoms. The average molecular weight is 303 g/mol. The van der Waals surface area contributed by atoms with Crippen molar-refractivity contribution in [3.63, 3.8) is 0 Å². The maximum atomic E-state index is 11.7. The van der Waals surface area contributed by atoms with Crippen LogP contribution in [0.1, 0.15) is 18.4 Å². The molecule has 1 aromatic heterocycles. The summed E-state index contributed by atoms with van der Waals surface area (Å²) >= 11 is 1.43. The van der Waals surface area contributed by atoms with Crippen LogP contribution in [0.3, 0.4) is 0 Å². The van der Waals surface area contributed by atoms with Gasteiger partial charge >= 0.3 is 0 Å². The third-order valence-corrected chi connectivity index (χ3v) is 4.10. The summed E-state index contributed by atoms with van der Waals surface area (Å²) in [6.07, 6.45) is 2.06. The van der Waals surface area contributed by atoms with Crippen LogP contribution in [0, 0.1) is 0 Å². The monoisotopic (exact) mass is 303 g/mol. The predicted octanol–water partition coefficient (Wildman–Crippen LogP) is 2.42. The zero-order chi connectivity index (χ0) is 14.7. The smallest absolute Gasteiger partial charge is 0.226 e. The van der Waals surface area contributed by atoms with Crippen molar-refractivity contribution in [2.75, 3.05) is 18.5 Å². The van der Waals surface area contributed by atoms with E-state index in [0.29, 0.717) is 24.5 Å². The second-order valence-corrected chi connectivity index (χ2v) is 5.76. The minimum absolute atomic E-state index is 0.0382. The molecule has 1 aliphatic rings. The zero-order valence-electron chi connectivity index (χ0n) is 11.6. The van der Waals surface area contributed by atoms with Gasteiger partial charge in [-0.05, 0) is 36.7 Å². The summed E-state index contributed by atoms with van der Waals surface area (Å²) in [6, 6.07) is 6.09. The van der Waals surface area contributed by atoms with Crippen molar-refractivity contribution in [3.8, 4) is 17.0 Å². The van der Waals surface area contributed by atoms with Gasteiger partial charge in [0.1, 0.15) is 5.75 Å². The molecule has 0 aliphatic carbocycles. The fraction of sp³-hybridized carbons (Fsp3) is 0.333. The summed E-state index contributed by atoms with van der Waals surface area (Å²) in [5.41, 5.74) is 8.54. The van der Waals surface area contributed by atoms with Crippen molar-refractivity contribution < 1.29 is 9.53 Å². The molecule has 110 valence electrons. The lowest BCUT2D eigenvalue weighted by molar-refractivity contribution is -0.116. The van der Waals surface area contributed by atoms with Gasteiger partial charge in [0.15, 0.2) is 5.13 Å². The van der Waals surface area contributed by atoms with Gasteiger partial charge in [-0.25, -0.2) is 4.98 Å². The largest absolute Gasteiger partial charge is 0.493 e. The number of nitrogens with two attached hydrogens (primary N) is 1. The maximum Gasteiger partial charge on any atom is 0.226 e. The number of amides is 1. The first-order valence-corrected chi connectivity index (χ1v) is 7.86. The molecule has 0 saturated carbocycles. The summed E-state index contributed by atoms with van der Waals surface area (Å²) in [6.45, 7) is 1.27. The molecule has 3 rings (SSSR count). The Labute approximate surface area is 127 Å². The predicted molar refractivity (Wildman–Crippen MR) is 83.7 cm³/mol. The van der Waals surface area contributed by atoms with E-state index in [0.717, 1.165) is 30.0 Å². The molecule has 21 heavy (non-hydrogen) atoms. The Balaban J connectivity index is 1.71. The average Bonchev–Trinajstić information content (AvgIpc) is 3.12. The highest BCUT2D eigenvalue weighted by atomic mass is 32.1. The van der Waals surface area contributed by atoms with Gasteiger partial charge in [-0.15, -0.1) is 11.3 Å². The van der Waals surface area contributed by atoms with E-state index in [1.807, 2.05) is 17.5 Å². The fourth-order valence-corrected chi connectivity index (χ4v) is 2.99. The molecule has 0 radical (unpaired) electrons. The van der Waals surface area contributed by atoms with Crippen molar-refractivity contribution >= 4 is 22.4 Å². The highest BCUT2D eigenvalue weighted by Crippen LogP contribution is 2.31. The third kappa shape index (κ3) is 3.22. The van der Waals surface area contributed by atoms with Crippen LogP contribution in [0.5, 0.6) is 5.75 Å². The summed E-state index contributed by atoms with van der Waals surface area (Å²) in [5, 5.41) is 5.39. The maximum absolute atomic E-state index is 11.7. The van der Waals surface area contributed by atoms with Crippen LogP contribution >= 0.6 is 11.3 Å².